The molecule has 0 unspecified atom stereocenters. The van der Waals surface area contributed by atoms with Crippen molar-refractivity contribution in [1.82, 2.24) is 5.43 Å². The van der Waals surface area contributed by atoms with E-state index in [0.29, 0.717) is 34.1 Å². The smallest absolute Gasteiger partial charge is 0.329 e. The highest BCUT2D eigenvalue weighted by Crippen LogP contribution is 2.28. The lowest BCUT2D eigenvalue weighted by molar-refractivity contribution is -0.384. The van der Waals surface area contributed by atoms with Crippen LogP contribution in [0.4, 0.5) is 11.4 Å². The fourth-order valence-corrected chi connectivity index (χ4v) is 2.67. The fraction of sp³-hybridized carbons (Fsp3) is 0.0952. The molecule has 1 aromatic heterocycles. The molecule has 2 aromatic carbocycles. The van der Waals surface area contributed by atoms with Crippen LogP contribution in [0.1, 0.15) is 11.3 Å². The molecule has 10 heteroatoms. The van der Waals surface area contributed by atoms with Crippen molar-refractivity contribution in [3.63, 3.8) is 0 Å². The molecular formula is C21H18N4O6. The highest BCUT2D eigenvalue weighted by molar-refractivity contribution is 6.39. The van der Waals surface area contributed by atoms with E-state index in [2.05, 4.69) is 15.8 Å². The van der Waals surface area contributed by atoms with E-state index in [1.54, 1.807) is 49.4 Å². The quantitative estimate of drug-likeness (QED) is 0.271. The first kappa shape index (κ1) is 21.2. The molecule has 2 N–H and O–H groups in total. The highest BCUT2D eigenvalue weighted by atomic mass is 16.6. The topological polar surface area (TPSA) is 136 Å². The van der Waals surface area contributed by atoms with Crippen molar-refractivity contribution in [3.8, 4) is 17.1 Å². The van der Waals surface area contributed by atoms with Crippen LogP contribution < -0.4 is 15.5 Å². The van der Waals surface area contributed by atoms with Crippen molar-refractivity contribution < 1.29 is 23.7 Å². The molecule has 2 amide bonds. The van der Waals surface area contributed by atoms with Crippen LogP contribution in [0.3, 0.4) is 0 Å². The number of carbonyl (C=O) groups excluding carboxylic acids is 2. The molecule has 3 aromatic rings. The molecule has 31 heavy (non-hydrogen) atoms. The summed E-state index contributed by atoms with van der Waals surface area (Å²) in [5.74, 6) is -0.413. The first-order chi connectivity index (χ1) is 14.9. The summed E-state index contributed by atoms with van der Waals surface area (Å²) in [4.78, 5) is 34.2. The third kappa shape index (κ3) is 5.32. The van der Waals surface area contributed by atoms with Crippen LogP contribution in [0.15, 0.2) is 64.1 Å². The third-order valence-corrected chi connectivity index (χ3v) is 4.23. The van der Waals surface area contributed by atoms with Gasteiger partial charge in [0.1, 0.15) is 17.3 Å². The van der Waals surface area contributed by atoms with Gasteiger partial charge in [0.05, 0.1) is 18.2 Å². The minimum atomic E-state index is -0.954. The zero-order valence-electron chi connectivity index (χ0n) is 16.6. The van der Waals surface area contributed by atoms with E-state index in [1.165, 1.54) is 25.5 Å². The maximum absolute atomic E-state index is 11.9. The molecule has 10 nitrogen and oxygen atoms in total. The molecule has 0 fully saturated rings. The van der Waals surface area contributed by atoms with Gasteiger partial charge in [0, 0.05) is 23.4 Å². The molecule has 0 saturated carbocycles. The third-order valence-electron chi connectivity index (χ3n) is 4.23. The summed E-state index contributed by atoms with van der Waals surface area (Å²) in [6.45, 7) is 1.74. The largest absolute Gasteiger partial charge is 0.497 e. The maximum Gasteiger partial charge on any atom is 0.329 e. The first-order valence-electron chi connectivity index (χ1n) is 9.01. The van der Waals surface area contributed by atoms with Gasteiger partial charge in [-0.15, -0.1) is 0 Å². The molecule has 0 spiro atoms. The second kappa shape index (κ2) is 9.35. The number of nitro groups is 1. The van der Waals surface area contributed by atoms with Gasteiger partial charge in [-0.3, -0.25) is 19.7 Å². The van der Waals surface area contributed by atoms with Crippen molar-refractivity contribution in [2.45, 2.75) is 6.92 Å². The van der Waals surface area contributed by atoms with E-state index in [0.717, 1.165) is 0 Å². The highest BCUT2D eigenvalue weighted by Gasteiger charge is 2.14. The number of amides is 2. The number of nitrogens with zero attached hydrogens (tertiary/aromatic N) is 2. The summed E-state index contributed by atoms with van der Waals surface area (Å²) in [6, 6.07) is 14.2. The number of anilines is 1. The molecule has 0 aliphatic rings. The van der Waals surface area contributed by atoms with Crippen LogP contribution in [0.5, 0.6) is 5.75 Å². The Morgan fingerprint density at radius 2 is 1.84 bits per heavy atom. The maximum atomic E-state index is 11.9. The normalized spacial score (nSPS) is 10.6. The van der Waals surface area contributed by atoms with Gasteiger partial charge >= 0.3 is 11.8 Å². The molecule has 0 aliphatic carbocycles. The predicted molar refractivity (Wildman–Crippen MR) is 113 cm³/mol. The number of hydrogen-bond acceptors (Lipinski definition) is 7. The lowest BCUT2D eigenvalue weighted by Crippen LogP contribution is -2.32. The fourth-order valence-electron chi connectivity index (χ4n) is 2.67. The molecule has 0 bridgehead atoms. The number of carbonyl (C=O) groups is 2. The summed E-state index contributed by atoms with van der Waals surface area (Å²) in [6.07, 6.45) is 1.24. The zero-order valence-corrected chi connectivity index (χ0v) is 16.6. The average molecular weight is 422 g/mol. The number of furan rings is 1. The number of methoxy groups -OCH3 is 1. The monoisotopic (exact) mass is 422 g/mol. The molecule has 158 valence electrons. The van der Waals surface area contributed by atoms with E-state index < -0.39 is 16.7 Å². The molecule has 0 atom stereocenters. The van der Waals surface area contributed by atoms with Gasteiger partial charge in [-0.25, -0.2) is 5.43 Å². The Morgan fingerprint density at radius 1 is 1.10 bits per heavy atom. The number of ether oxygens (including phenoxy) is 1. The van der Waals surface area contributed by atoms with Crippen LogP contribution in [-0.2, 0) is 9.59 Å². The van der Waals surface area contributed by atoms with Crippen molar-refractivity contribution in [2.75, 3.05) is 12.4 Å². The number of hydrazone groups is 1. The lowest BCUT2D eigenvalue weighted by atomic mass is 10.1. The summed E-state index contributed by atoms with van der Waals surface area (Å²) >= 11 is 0. The Balaban J connectivity index is 1.58. The Bertz CT molecular complexity index is 1150. The summed E-state index contributed by atoms with van der Waals surface area (Å²) < 4.78 is 10.6. The number of nitro benzene ring substituents is 1. The van der Waals surface area contributed by atoms with Crippen molar-refractivity contribution in [2.24, 2.45) is 5.10 Å². The molecule has 0 aliphatic heterocycles. The Hall–Kier alpha value is -4.47. The SMILES string of the molecule is COc1ccc(NC(=O)C(=O)N/N=C/c2ccc(-c3ccc([N+](=O)[O-])cc3C)o2)cc1. The molecule has 1 heterocycles. The van der Waals surface area contributed by atoms with Crippen molar-refractivity contribution in [1.29, 1.82) is 0 Å². The summed E-state index contributed by atoms with van der Waals surface area (Å²) in [7, 11) is 1.52. The van der Waals surface area contributed by atoms with Crippen LogP contribution in [-0.4, -0.2) is 30.1 Å². The minimum Gasteiger partial charge on any atom is -0.497 e. The number of nitrogens with one attached hydrogen (secondary N) is 2. The first-order valence-corrected chi connectivity index (χ1v) is 9.01. The number of rotatable bonds is 6. The summed E-state index contributed by atoms with van der Waals surface area (Å²) in [5.41, 5.74) is 3.90. The van der Waals surface area contributed by atoms with E-state index in [1.807, 2.05) is 0 Å². The van der Waals surface area contributed by atoms with E-state index >= 15 is 0 Å². The Labute approximate surface area is 176 Å². The van der Waals surface area contributed by atoms with Crippen LogP contribution in [0, 0.1) is 17.0 Å². The molecular weight excluding hydrogens is 404 g/mol. The second-order valence-electron chi connectivity index (χ2n) is 6.34. The standard InChI is InChI=1S/C21H18N4O6/c1-13-11-15(25(28)29)5-9-18(13)19-10-8-17(31-19)12-22-24-21(27)20(26)23-14-3-6-16(30-2)7-4-14/h3-12H,1-2H3,(H,23,26)(H,24,27)/b22-12+. The molecule has 3 rings (SSSR count). The minimum absolute atomic E-state index is 0.00905. The van der Waals surface area contributed by atoms with Gasteiger partial charge in [0.25, 0.3) is 5.69 Å². The Morgan fingerprint density at radius 3 is 2.48 bits per heavy atom. The number of benzene rings is 2. The van der Waals surface area contributed by atoms with E-state index in [4.69, 9.17) is 9.15 Å². The van der Waals surface area contributed by atoms with Crippen LogP contribution in [0.2, 0.25) is 0 Å². The van der Waals surface area contributed by atoms with Gasteiger partial charge in [0.15, 0.2) is 0 Å². The number of aryl methyl sites for hydroxylation is 1. The van der Waals surface area contributed by atoms with Gasteiger partial charge in [-0.05, 0) is 55.0 Å². The number of hydrogen-bond donors (Lipinski definition) is 2. The summed E-state index contributed by atoms with van der Waals surface area (Å²) in [5, 5.41) is 17.0. The van der Waals surface area contributed by atoms with E-state index in [9.17, 15) is 19.7 Å². The van der Waals surface area contributed by atoms with Crippen LogP contribution in [0.25, 0.3) is 11.3 Å². The number of non-ortho nitro benzene ring substituents is 1. The molecule has 0 radical (unpaired) electrons. The van der Waals surface area contributed by atoms with Gasteiger partial charge in [-0.1, -0.05) is 0 Å². The zero-order chi connectivity index (χ0) is 22.4. The van der Waals surface area contributed by atoms with E-state index in [-0.39, 0.29) is 5.69 Å². The predicted octanol–water partition coefficient (Wildman–Crippen LogP) is 3.26. The van der Waals surface area contributed by atoms with Gasteiger partial charge < -0.3 is 14.5 Å². The Kier molecular flexibility index (Phi) is 6.41. The average Bonchev–Trinajstić information content (AvgIpc) is 3.22. The van der Waals surface area contributed by atoms with Crippen molar-refractivity contribution >= 4 is 29.4 Å². The van der Waals surface area contributed by atoms with Gasteiger partial charge in [-0.2, -0.15) is 5.10 Å². The van der Waals surface area contributed by atoms with Crippen molar-refractivity contribution in [3.05, 3.63) is 76.0 Å². The molecule has 0 saturated heterocycles. The van der Waals surface area contributed by atoms with Crippen LogP contribution >= 0.6 is 0 Å². The lowest BCUT2D eigenvalue weighted by Gasteiger charge is -2.05. The second-order valence-corrected chi connectivity index (χ2v) is 6.34. The van der Waals surface area contributed by atoms with Gasteiger partial charge in [0.2, 0.25) is 0 Å².